The zero-order valence-corrected chi connectivity index (χ0v) is 10.5. The molecule has 1 heterocycles. The van der Waals surface area contributed by atoms with E-state index in [0.29, 0.717) is 6.04 Å². The maximum absolute atomic E-state index is 6.04. The molecular weight excluding hydrogens is 212 g/mol. The van der Waals surface area contributed by atoms with Gasteiger partial charge in [-0.05, 0) is 25.0 Å². The Hall–Kier alpha value is -1.71. The molecule has 0 spiro atoms. The van der Waals surface area contributed by atoms with Crippen LogP contribution in [0.25, 0.3) is 10.9 Å². The van der Waals surface area contributed by atoms with Gasteiger partial charge in [0.15, 0.2) is 0 Å². The van der Waals surface area contributed by atoms with Crippen LogP contribution in [0.1, 0.15) is 33.1 Å². The summed E-state index contributed by atoms with van der Waals surface area (Å²) in [7, 11) is 0. The van der Waals surface area contributed by atoms with Gasteiger partial charge in [-0.15, -0.1) is 0 Å². The number of fused-ring (bicyclic) bond motifs is 1. The maximum Gasteiger partial charge on any atom is 0.0672 e. The van der Waals surface area contributed by atoms with Crippen molar-refractivity contribution in [2.75, 3.05) is 11.1 Å². The molecule has 92 valence electrons. The molecule has 1 aromatic carbocycles. The van der Waals surface area contributed by atoms with Crippen molar-refractivity contribution in [1.82, 2.24) is 10.2 Å². The Morgan fingerprint density at radius 3 is 2.94 bits per heavy atom. The summed E-state index contributed by atoms with van der Waals surface area (Å²) in [6, 6.07) is 4.48. The highest BCUT2D eigenvalue weighted by Crippen LogP contribution is 2.26. The van der Waals surface area contributed by atoms with Gasteiger partial charge in [-0.2, -0.15) is 5.10 Å². The molecule has 0 radical (unpaired) electrons. The molecule has 0 aliphatic rings. The van der Waals surface area contributed by atoms with Gasteiger partial charge in [0.1, 0.15) is 0 Å². The molecule has 4 nitrogen and oxygen atoms in total. The zero-order valence-electron chi connectivity index (χ0n) is 10.5. The van der Waals surface area contributed by atoms with Crippen LogP contribution in [-0.4, -0.2) is 16.2 Å². The number of hydrogen-bond donors (Lipinski definition) is 3. The summed E-state index contributed by atoms with van der Waals surface area (Å²) in [6.07, 6.45) is 5.24. The number of rotatable bonds is 5. The van der Waals surface area contributed by atoms with E-state index in [4.69, 9.17) is 5.73 Å². The third-order valence-electron chi connectivity index (χ3n) is 3.10. The van der Waals surface area contributed by atoms with E-state index < -0.39 is 0 Å². The first-order chi connectivity index (χ1) is 8.24. The number of nitrogen functional groups attached to an aromatic ring is 1. The van der Waals surface area contributed by atoms with E-state index in [9.17, 15) is 0 Å². The second kappa shape index (κ2) is 5.08. The summed E-state index contributed by atoms with van der Waals surface area (Å²) in [4.78, 5) is 0. The highest BCUT2D eigenvalue weighted by atomic mass is 15.1. The van der Waals surface area contributed by atoms with E-state index >= 15 is 0 Å². The first-order valence-corrected chi connectivity index (χ1v) is 6.23. The summed E-state index contributed by atoms with van der Waals surface area (Å²) in [5.74, 6) is 0. The number of nitrogens with one attached hydrogen (secondary N) is 2. The summed E-state index contributed by atoms with van der Waals surface area (Å²) < 4.78 is 0. The molecule has 0 aliphatic heterocycles. The van der Waals surface area contributed by atoms with Crippen LogP contribution in [0, 0.1) is 0 Å². The van der Waals surface area contributed by atoms with Crippen LogP contribution in [0.2, 0.25) is 0 Å². The van der Waals surface area contributed by atoms with E-state index in [2.05, 4.69) is 29.4 Å². The average molecular weight is 232 g/mol. The number of benzene rings is 1. The summed E-state index contributed by atoms with van der Waals surface area (Å²) in [5, 5.41) is 11.5. The first-order valence-electron chi connectivity index (χ1n) is 6.23. The Balaban J connectivity index is 2.24. The Labute approximate surface area is 102 Å². The van der Waals surface area contributed by atoms with E-state index in [1.165, 1.54) is 6.42 Å². The molecule has 1 aromatic heterocycles. The van der Waals surface area contributed by atoms with Crippen LogP contribution in [0.4, 0.5) is 11.4 Å². The lowest BCUT2D eigenvalue weighted by atomic mass is 10.1. The zero-order chi connectivity index (χ0) is 12.3. The van der Waals surface area contributed by atoms with Crippen molar-refractivity contribution in [3.63, 3.8) is 0 Å². The fourth-order valence-electron chi connectivity index (χ4n) is 2.08. The third-order valence-corrected chi connectivity index (χ3v) is 3.10. The lowest BCUT2D eigenvalue weighted by Gasteiger charge is -2.18. The smallest absolute Gasteiger partial charge is 0.0672 e. The molecule has 2 rings (SSSR count). The summed E-state index contributed by atoms with van der Waals surface area (Å²) in [5.41, 5.74) is 8.85. The van der Waals surface area contributed by atoms with Crippen LogP contribution in [0.3, 0.4) is 0 Å². The Morgan fingerprint density at radius 2 is 2.24 bits per heavy atom. The first kappa shape index (κ1) is 11.8. The molecule has 0 fully saturated rings. The van der Waals surface area contributed by atoms with Crippen molar-refractivity contribution < 1.29 is 0 Å². The second-order valence-corrected chi connectivity index (χ2v) is 4.43. The van der Waals surface area contributed by atoms with Crippen LogP contribution in [0.5, 0.6) is 0 Å². The third kappa shape index (κ3) is 2.52. The second-order valence-electron chi connectivity index (χ2n) is 4.43. The van der Waals surface area contributed by atoms with E-state index in [1.54, 1.807) is 6.20 Å². The normalized spacial score (nSPS) is 12.8. The van der Waals surface area contributed by atoms with Crippen LogP contribution in [0.15, 0.2) is 18.3 Å². The molecule has 0 amide bonds. The van der Waals surface area contributed by atoms with Crippen molar-refractivity contribution >= 4 is 22.3 Å². The molecule has 0 saturated carbocycles. The lowest BCUT2D eigenvalue weighted by molar-refractivity contribution is 0.623. The standard InChI is InChI=1S/C13H20N4/c1-3-5-10(4-2)16-13-7-12-9(6-11(13)14)8-15-17-12/h6-8,10,16H,3-5,14H2,1-2H3,(H,15,17). The predicted octanol–water partition coefficient (Wildman–Crippen LogP) is 3.14. The van der Waals surface area contributed by atoms with Crippen molar-refractivity contribution in [3.8, 4) is 0 Å². The quantitative estimate of drug-likeness (QED) is 0.694. The summed E-state index contributed by atoms with van der Waals surface area (Å²) in [6.45, 7) is 4.39. The van der Waals surface area contributed by atoms with Crippen molar-refractivity contribution in [1.29, 1.82) is 0 Å². The molecular formula is C13H20N4. The highest BCUT2D eigenvalue weighted by molar-refractivity contribution is 5.88. The number of nitrogens with zero attached hydrogens (tertiary/aromatic N) is 1. The summed E-state index contributed by atoms with van der Waals surface area (Å²) >= 11 is 0. The highest BCUT2D eigenvalue weighted by Gasteiger charge is 2.08. The fourth-order valence-corrected chi connectivity index (χ4v) is 2.08. The Bertz CT molecular complexity index is 489. The minimum Gasteiger partial charge on any atom is -0.397 e. The predicted molar refractivity (Wildman–Crippen MR) is 73.1 cm³/mol. The lowest BCUT2D eigenvalue weighted by Crippen LogP contribution is -2.18. The van der Waals surface area contributed by atoms with Gasteiger partial charge in [0, 0.05) is 11.4 Å². The van der Waals surface area contributed by atoms with Gasteiger partial charge >= 0.3 is 0 Å². The van der Waals surface area contributed by atoms with Crippen LogP contribution >= 0.6 is 0 Å². The van der Waals surface area contributed by atoms with Gasteiger partial charge in [-0.1, -0.05) is 20.3 Å². The Kier molecular flexibility index (Phi) is 3.52. The number of H-pyrrole nitrogens is 1. The van der Waals surface area contributed by atoms with Gasteiger partial charge < -0.3 is 11.1 Å². The molecule has 2 aromatic rings. The number of aromatic amines is 1. The monoisotopic (exact) mass is 232 g/mol. The van der Waals surface area contributed by atoms with Gasteiger partial charge in [0.2, 0.25) is 0 Å². The van der Waals surface area contributed by atoms with Gasteiger partial charge in [-0.25, -0.2) is 0 Å². The van der Waals surface area contributed by atoms with Crippen LogP contribution in [-0.2, 0) is 0 Å². The largest absolute Gasteiger partial charge is 0.397 e. The number of hydrogen-bond acceptors (Lipinski definition) is 3. The molecule has 0 saturated heterocycles. The molecule has 1 atom stereocenters. The number of aromatic nitrogens is 2. The average Bonchev–Trinajstić information content (AvgIpc) is 2.75. The Morgan fingerprint density at radius 1 is 1.41 bits per heavy atom. The molecule has 0 bridgehead atoms. The minimum atomic E-state index is 0.489. The van der Waals surface area contributed by atoms with E-state index in [1.807, 2.05) is 12.1 Å². The molecule has 1 unspecified atom stereocenters. The molecule has 4 N–H and O–H groups in total. The fraction of sp³-hybridized carbons (Fsp3) is 0.462. The SMILES string of the molecule is CCCC(CC)Nc1cc2[nH]ncc2cc1N. The van der Waals surface area contributed by atoms with Gasteiger partial charge in [0.25, 0.3) is 0 Å². The molecule has 4 heteroatoms. The number of nitrogens with two attached hydrogens (primary N) is 1. The van der Waals surface area contributed by atoms with Crippen molar-refractivity contribution in [3.05, 3.63) is 18.3 Å². The molecule has 0 aliphatic carbocycles. The van der Waals surface area contributed by atoms with E-state index in [0.717, 1.165) is 35.1 Å². The van der Waals surface area contributed by atoms with Crippen molar-refractivity contribution in [2.24, 2.45) is 0 Å². The minimum absolute atomic E-state index is 0.489. The van der Waals surface area contributed by atoms with E-state index in [-0.39, 0.29) is 0 Å². The van der Waals surface area contributed by atoms with Gasteiger partial charge in [-0.3, -0.25) is 5.10 Å². The van der Waals surface area contributed by atoms with Crippen molar-refractivity contribution in [2.45, 2.75) is 39.2 Å². The number of anilines is 2. The maximum atomic E-state index is 6.04. The molecule has 17 heavy (non-hydrogen) atoms. The topological polar surface area (TPSA) is 66.7 Å². The van der Waals surface area contributed by atoms with Crippen LogP contribution < -0.4 is 11.1 Å². The van der Waals surface area contributed by atoms with Gasteiger partial charge in [0.05, 0.1) is 23.1 Å².